The first kappa shape index (κ1) is 15.5. The number of hydrogen-bond donors (Lipinski definition) is 2. The second-order valence-corrected chi connectivity index (χ2v) is 5.03. The minimum Gasteiger partial charge on any atom is -0.399 e. The maximum atomic E-state index is 11.8. The molecule has 3 N–H and O–H groups in total. The fourth-order valence-electron chi connectivity index (χ4n) is 1.99. The van der Waals surface area contributed by atoms with Crippen molar-refractivity contribution in [3.8, 4) is 0 Å². The lowest BCUT2D eigenvalue weighted by Gasteiger charge is -2.15. The summed E-state index contributed by atoms with van der Waals surface area (Å²) in [7, 11) is 2.09. The van der Waals surface area contributed by atoms with Gasteiger partial charge < -0.3 is 16.0 Å². The molecule has 0 saturated carbocycles. The van der Waals surface area contributed by atoms with Gasteiger partial charge in [-0.2, -0.15) is 0 Å². The molecule has 0 aliphatic rings. The normalized spacial score (nSPS) is 10.7. The van der Waals surface area contributed by atoms with Gasteiger partial charge in [-0.1, -0.05) is 13.0 Å². The lowest BCUT2D eigenvalue weighted by molar-refractivity contribution is -0.116. The molecule has 0 spiro atoms. The van der Waals surface area contributed by atoms with E-state index in [1.165, 1.54) is 0 Å². The molecular weight excluding hydrogens is 238 g/mol. The third-order valence-electron chi connectivity index (χ3n) is 3.08. The molecule has 0 heterocycles. The van der Waals surface area contributed by atoms with E-state index in [9.17, 15) is 4.79 Å². The smallest absolute Gasteiger partial charge is 0.224 e. The quantitative estimate of drug-likeness (QED) is 0.743. The number of carbonyl (C=O) groups is 1. The largest absolute Gasteiger partial charge is 0.399 e. The molecule has 106 valence electrons. The third-order valence-corrected chi connectivity index (χ3v) is 3.08. The molecule has 1 aromatic carbocycles. The van der Waals surface area contributed by atoms with Gasteiger partial charge in [-0.25, -0.2) is 0 Å². The molecule has 0 aromatic heterocycles. The number of hydrogen-bond acceptors (Lipinski definition) is 3. The molecule has 0 bridgehead atoms. The molecule has 19 heavy (non-hydrogen) atoms. The molecule has 0 atom stereocenters. The van der Waals surface area contributed by atoms with Crippen LogP contribution in [0.25, 0.3) is 0 Å². The van der Waals surface area contributed by atoms with Crippen molar-refractivity contribution in [1.82, 2.24) is 4.90 Å². The second-order valence-electron chi connectivity index (χ2n) is 5.03. The average molecular weight is 263 g/mol. The van der Waals surface area contributed by atoms with Crippen molar-refractivity contribution in [2.24, 2.45) is 0 Å². The minimum absolute atomic E-state index is 0.0543. The monoisotopic (exact) mass is 263 g/mol. The zero-order chi connectivity index (χ0) is 14.3. The number of nitrogen functional groups attached to an aromatic ring is 1. The van der Waals surface area contributed by atoms with Crippen molar-refractivity contribution in [3.63, 3.8) is 0 Å². The number of carbonyl (C=O) groups excluding carboxylic acids is 1. The molecule has 0 aliphatic carbocycles. The van der Waals surface area contributed by atoms with Gasteiger partial charge in [0.25, 0.3) is 0 Å². The Morgan fingerprint density at radius 1 is 1.37 bits per heavy atom. The molecule has 0 saturated heterocycles. The fourth-order valence-corrected chi connectivity index (χ4v) is 1.99. The SMILES string of the molecule is CCCN(C)CCCC(=O)Nc1cc(N)ccc1C. The van der Waals surface area contributed by atoms with Crippen LogP contribution >= 0.6 is 0 Å². The van der Waals surface area contributed by atoms with E-state index in [0.717, 1.165) is 37.2 Å². The summed E-state index contributed by atoms with van der Waals surface area (Å²) in [5.41, 5.74) is 8.23. The molecule has 4 heteroatoms. The van der Waals surface area contributed by atoms with Crippen LogP contribution in [0.1, 0.15) is 31.7 Å². The van der Waals surface area contributed by atoms with Crippen LogP contribution in [0.4, 0.5) is 11.4 Å². The number of aryl methyl sites for hydroxylation is 1. The van der Waals surface area contributed by atoms with E-state index in [0.29, 0.717) is 12.1 Å². The van der Waals surface area contributed by atoms with Crippen molar-refractivity contribution >= 4 is 17.3 Å². The highest BCUT2D eigenvalue weighted by Gasteiger charge is 2.06. The van der Waals surface area contributed by atoms with Crippen molar-refractivity contribution in [2.75, 3.05) is 31.2 Å². The van der Waals surface area contributed by atoms with Crippen LogP contribution in [0.2, 0.25) is 0 Å². The molecule has 0 fully saturated rings. The standard InChI is InChI=1S/C15H25N3O/c1-4-9-18(3)10-5-6-15(19)17-14-11-13(16)8-7-12(14)2/h7-8,11H,4-6,9-10,16H2,1-3H3,(H,17,19). The second kappa shape index (κ2) is 7.79. The highest BCUT2D eigenvalue weighted by molar-refractivity contribution is 5.91. The number of nitrogens with one attached hydrogen (secondary N) is 1. The van der Waals surface area contributed by atoms with Gasteiger partial charge in [-0.3, -0.25) is 4.79 Å². The summed E-state index contributed by atoms with van der Waals surface area (Å²) in [5, 5.41) is 2.92. The predicted octanol–water partition coefficient (Wildman–Crippen LogP) is 2.64. The summed E-state index contributed by atoms with van der Waals surface area (Å²) < 4.78 is 0. The first-order chi connectivity index (χ1) is 9.02. The van der Waals surface area contributed by atoms with Crippen LogP contribution in [0.15, 0.2) is 18.2 Å². The highest BCUT2D eigenvalue weighted by Crippen LogP contribution is 2.18. The summed E-state index contributed by atoms with van der Waals surface area (Å²) in [6.07, 6.45) is 2.57. The number of nitrogens with two attached hydrogens (primary N) is 1. The number of nitrogens with zero attached hydrogens (tertiary/aromatic N) is 1. The zero-order valence-corrected chi connectivity index (χ0v) is 12.2. The van der Waals surface area contributed by atoms with Gasteiger partial charge in [0.05, 0.1) is 0 Å². The first-order valence-electron chi connectivity index (χ1n) is 6.87. The Morgan fingerprint density at radius 2 is 2.11 bits per heavy atom. The van der Waals surface area contributed by atoms with Gasteiger partial charge in [0.1, 0.15) is 0 Å². The lowest BCUT2D eigenvalue weighted by Crippen LogP contribution is -2.22. The fraction of sp³-hybridized carbons (Fsp3) is 0.533. The Balaban J connectivity index is 2.37. The highest BCUT2D eigenvalue weighted by atomic mass is 16.1. The molecule has 0 radical (unpaired) electrons. The summed E-state index contributed by atoms with van der Waals surface area (Å²) in [6.45, 7) is 6.16. The molecular formula is C15H25N3O. The van der Waals surface area contributed by atoms with Crippen LogP contribution < -0.4 is 11.1 Å². The number of benzene rings is 1. The Bertz CT molecular complexity index is 418. The maximum Gasteiger partial charge on any atom is 0.224 e. The van der Waals surface area contributed by atoms with E-state index in [1.54, 1.807) is 6.07 Å². The van der Waals surface area contributed by atoms with Gasteiger partial charge in [0, 0.05) is 17.8 Å². The molecule has 1 amide bonds. The molecule has 4 nitrogen and oxygen atoms in total. The molecule has 0 unspecified atom stereocenters. The Morgan fingerprint density at radius 3 is 2.79 bits per heavy atom. The van der Waals surface area contributed by atoms with Crippen molar-refractivity contribution in [1.29, 1.82) is 0 Å². The third kappa shape index (κ3) is 5.75. The van der Waals surface area contributed by atoms with E-state index < -0.39 is 0 Å². The Hall–Kier alpha value is -1.55. The predicted molar refractivity (Wildman–Crippen MR) is 81.2 cm³/mol. The summed E-state index contributed by atoms with van der Waals surface area (Å²) in [4.78, 5) is 14.1. The van der Waals surface area contributed by atoms with Gasteiger partial charge in [0.15, 0.2) is 0 Å². The molecule has 1 rings (SSSR count). The number of amides is 1. The van der Waals surface area contributed by atoms with Gasteiger partial charge in [-0.05, 0) is 57.6 Å². The minimum atomic E-state index is 0.0543. The topological polar surface area (TPSA) is 58.4 Å². The van der Waals surface area contributed by atoms with Crippen molar-refractivity contribution in [2.45, 2.75) is 33.1 Å². The van der Waals surface area contributed by atoms with Crippen molar-refractivity contribution in [3.05, 3.63) is 23.8 Å². The van der Waals surface area contributed by atoms with E-state index >= 15 is 0 Å². The van der Waals surface area contributed by atoms with Crippen LogP contribution in [0.3, 0.4) is 0 Å². The molecule has 1 aromatic rings. The Labute approximate surface area is 116 Å². The van der Waals surface area contributed by atoms with E-state index in [1.807, 2.05) is 19.1 Å². The van der Waals surface area contributed by atoms with Crippen molar-refractivity contribution < 1.29 is 4.79 Å². The van der Waals surface area contributed by atoms with Crippen LogP contribution in [0.5, 0.6) is 0 Å². The summed E-state index contributed by atoms with van der Waals surface area (Å²) >= 11 is 0. The van der Waals surface area contributed by atoms with E-state index in [4.69, 9.17) is 5.73 Å². The van der Waals surface area contributed by atoms with Crippen LogP contribution in [0, 0.1) is 6.92 Å². The maximum absolute atomic E-state index is 11.8. The molecule has 0 aliphatic heterocycles. The Kier molecular flexibility index (Phi) is 6.36. The van der Waals surface area contributed by atoms with Crippen LogP contribution in [-0.2, 0) is 4.79 Å². The zero-order valence-electron chi connectivity index (χ0n) is 12.2. The van der Waals surface area contributed by atoms with E-state index in [-0.39, 0.29) is 5.91 Å². The number of anilines is 2. The number of rotatable bonds is 7. The van der Waals surface area contributed by atoms with Gasteiger partial charge in [-0.15, -0.1) is 0 Å². The summed E-state index contributed by atoms with van der Waals surface area (Å²) in [5.74, 6) is 0.0543. The first-order valence-corrected chi connectivity index (χ1v) is 6.87. The lowest BCUT2D eigenvalue weighted by atomic mass is 10.1. The van der Waals surface area contributed by atoms with Crippen LogP contribution in [-0.4, -0.2) is 30.9 Å². The average Bonchev–Trinajstić information content (AvgIpc) is 2.34. The van der Waals surface area contributed by atoms with Gasteiger partial charge >= 0.3 is 0 Å². The van der Waals surface area contributed by atoms with E-state index in [2.05, 4.69) is 24.2 Å². The summed E-state index contributed by atoms with van der Waals surface area (Å²) in [6, 6.07) is 5.56. The van der Waals surface area contributed by atoms with Gasteiger partial charge in [0.2, 0.25) is 5.91 Å².